The molecule has 0 bridgehead atoms. The largest absolute Gasteiger partial charge is 0.494 e. The minimum atomic E-state index is -0.855. The molecule has 6 rings (SSSR count). The van der Waals surface area contributed by atoms with Crippen LogP contribution in [0.1, 0.15) is 51.1 Å². The Morgan fingerprint density at radius 3 is 1.89 bits per heavy atom. The number of anilines is 1. The number of ketones is 1. The quantitative estimate of drug-likeness (QED) is 0.138. The van der Waals surface area contributed by atoms with Gasteiger partial charge in [-0.1, -0.05) is 30.3 Å². The molecule has 0 N–H and O–H groups in total. The molecular formula is C35H32N2O8. The minimum absolute atomic E-state index is 0.0471. The lowest BCUT2D eigenvalue weighted by Gasteiger charge is -2.36. The van der Waals surface area contributed by atoms with Crippen LogP contribution in [0.5, 0.6) is 5.75 Å². The number of carbonyl (C=O) groups excluding carboxylic acids is 6. The molecule has 1 saturated carbocycles. The van der Waals surface area contributed by atoms with Gasteiger partial charge in [0.25, 0.3) is 0 Å². The number of nitrogens with zero attached hydrogens (tertiary/aromatic N) is 2. The molecule has 0 aromatic heterocycles. The van der Waals surface area contributed by atoms with Gasteiger partial charge in [-0.25, -0.2) is 9.69 Å². The van der Waals surface area contributed by atoms with Crippen LogP contribution in [0.25, 0.3) is 0 Å². The van der Waals surface area contributed by atoms with Gasteiger partial charge in [0.15, 0.2) is 5.78 Å². The second-order valence-electron chi connectivity index (χ2n) is 11.7. The zero-order valence-corrected chi connectivity index (χ0v) is 24.9. The summed E-state index contributed by atoms with van der Waals surface area (Å²) in [5.41, 5.74) is 2.30. The van der Waals surface area contributed by atoms with E-state index >= 15 is 0 Å². The molecule has 3 fully saturated rings. The number of carbonyl (C=O) groups is 6. The third kappa shape index (κ3) is 5.41. The molecule has 3 aliphatic rings. The first kappa shape index (κ1) is 29.9. The van der Waals surface area contributed by atoms with E-state index in [0.717, 1.165) is 22.6 Å². The summed E-state index contributed by atoms with van der Waals surface area (Å²) in [5.74, 6) is -5.17. The molecule has 2 heterocycles. The highest BCUT2D eigenvalue weighted by molar-refractivity contribution is 6.27. The number of rotatable bonds is 11. The lowest BCUT2D eigenvalue weighted by molar-refractivity contribution is -0.146. The molecule has 3 aromatic carbocycles. The van der Waals surface area contributed by atoms with Crippen molar-refractivity contribution in [3.8, 4) is 5.75 Å². The van der Waals surface area contributed by atoms with Crippen LogP contribution >= 0.6 is 0 Å². The van der Waals surface area contributed by atoms with Gasteiger partial charge in [0.1, 0.15) is 5.75 Å². The van der Waals surface area contributed by atoms with E-state index in [0.29, 0.717) is 35.5 Å². The monoisotopic (exact) mass is 608 g/mol. The van der Waals surface area contributed by atoms with Crippen LogP contribution in [0.2, 0.25) is 0 Å². The van der Waals surface area contributed by atoms with E-state index in [1.54, 1.807) is 55.5 Å². The summed E-state index contributed by atoms with van der Waals surface area (Å²) in [7, 11) is 1.37. The second kappa shape index (κ2) is 12.1. The van der Waals surface area contributed by atoms with E-state index in [1.807, 2.05) is 18.2 Å². The van der Waals surface area contributed by atoms with Crippen LogP contribution in [-0.2, 0) is 23.9 Å². The molecule has 230 valence electrons. The van der Waals surface area contributed by atoms with Crippen molar-refractivity contribution in [3.63, 3.8) is 0 Å². The molecule has 4 amide bonds. The Kier molecular flexibility index (Phi) is 8.05. The van der Waals surface area contributed by atoms with Gasteiger partial charge in [0.05, 0.1) is 48.1 Å². The molecule has 2 aliphatic heterocycles. The van der Waals surface area contributed by atoms with Crippen LogP contribution in [0.4, 0.5) is 5.69 Å². The summed E-state index contributed by atoms with van der Waals surface area (Å²) in [6.07, 6.45) is 2.11. The zero-order valence-electron chi connectivity index (χ0n) is 24.9. The normalized spacial score (nSPS) is 21.8. The van der Waals surface area contributed by atoms with Crippen molar-refractivity contribution in [2.24, 2.45) is 23.7 Å². The molecule has 45 heavy (non-hydrogen) atoms. The Hall–Kier alpha value is -5.12. The van der Waals surface area contributed by atoms with Crippen LogP contribution < -0.4 is 9.64 Å². The first-order valence-electron chi connectivity index (χ1n) is 15.0. The molecule has 10 heteroatoms. The van der Waals surface area contributed by atoms with E-state index < -0.39 is 53.3 Å². The maximum absolute atomic E-state index is 13.2. The first-order valence-corrected chi connectivity index (χ1v) is 15.0. The Morgan fingerprint density at radius 2 is 1.24 bits per heavy atom. The van der Waals surface area contributed by atoms with E-state index in [-0.39, 0.29) is 23.6 Å². The Morgan fingerprint density at radius 1 is 0.667 bits per heavy atom. The number of likely N-dealkylation sites (tertiary alicyclic amines) is 1. The fraction of sp³-hybridized carbons (Fsp3) is 0.314. The summed E-state index contributed by atoms with van der Waals surface area (Å²) in [5, 5.41) is 0. The fourth-order valence-corrected chi connectivity index (χ4v) is 6.48. The summed E-state index contributed by atoms with van der Waals surface area (Å²) >= 11 is 0. The van der Waals surface area contributed by atoms with Crippen LogP contribution in [0, 0.1) is 30.6 Å². The van der Waals surface area contributed by atoms with Gasteiger partial charge < -0.3 is 9.47 Å². The SMILES string of the molecule is Cc1cc(C(=O)OCCCCCOc2ccc(C(=O)c3ccccc3)cc2)cc(N2C(=O)C3C4C(=O)N(C)C(=O)C4C3C2=O)c1. The summed E-state index contributed by atoms with van der Waals surface area (Å²) in [4.78, 5) is 78.8. The Labute approximate surface area is 259 Å². The highest BCUT2D eigenvalue weighted by Gasteiger charge is 2.73. The van der Waals surface area contributed by atoms with Crippen molar-refractivity contribution in [2.75, 3.05) is 25.2 Å². The average Bonchev–Trinajstić information content (AvgIpc) is 3.34. The fourth-order valence-electron chi connectivity index (χ4n) is 6.48. The first-order chi connectivity index (χ1) is 21.7. The summed E-state index contributed by atoms with van der Waals surface area (Å²) in [6.45, 7) is 2.40. The van der Waals surface area contributed by atoms with Crippen molar-refractivity contribution in [2.45, 2.75) is 26.2 Å². The third-order valence-electron chi connectivity index (χ3n) is 8.79. The van der Waals surface area contributed by atoms with Crippen molar-refractivity contribution in [1.29, 1.82) is 0 Å². The predicted molar refractivity (Wildman–Crippen MR) is 161 cm³/mol. The van der Waals surface area contributed by atoms with Crippen molar-refractivity contribution < 1.29 is 38.2 Å². The van der Waals surface area contributed by atoms with Gasteiger partial charge >= 0.3 is 5.97 Å². The van der Waals surface area contributed by atoms with E-state index in [9.17, 15) is 28.8 Å². The molecule has 0 radical (unpaired) electrons. The number of hydrogen-bond donors (Lipinski definition) is 0. The molecule has 10 nitrogen and oxygen atoms in total. The zero-order chi connectivity index (χ0) is 31.8. The van der Waals surface area contributed by atoms with E-state index in [1.165, 1.54) is 13.1 Å². The van der Waals surface area contributed by atoms with Crippen molar-refractivity contribution >= 4 is 41.1 Å². The summed E-state index contributed by atoms with van der Waals surface area (Å²) in [6, 6.07) is 20.8. The maximum Gasteiger partial charge on any atom is 0.338 e. The van der Waals surface area contributed by atoms with Gasteiger partial charge in [0, 0.05) is 18.2 Å². The number of ether oxygens (including phenoxy) is 2. The number of esters is 1. The minimum Gasteiger partial charge on any atom is -0.494 e. The van der Waals surface area contributed by atoms with Crippen LogP contribution in [-0.4, -0.2) is 60.5 Å². The third-order valence-corrected chi connectivity index (χ3v) is 8.79. The number of hydrogen-bond acceptors (Lipinski definition) is 8. The molecule has 3 aromatic rings. The van der Waals surface area contributed by atoms with Gasteiger partial charge in [-0.05, 0) is 74.2 Å². The molecule has 4 unspecified atom stereocenters. The maximum atomic E-state index is 13.2. The standard InChI is InChI=1S/C35H32N2O8/c1-20-17-23(19-24(18-20)37-33(41)28-26-27(29(28)34(37)42)32(40)36(2)31(26)39)35(43)45-16-8-4-7-15-44-25-13-11-22(12-14-25)30(38)21-9-5-3-6-10-21/h3,5-6,9-14,17-19,26-29H,4,7-8,15-16H2,1-2H3. The van der Waals surface area contributed by atoms with Crippen molar-refractivity contribution in [3.05, 3.63) is 95.1 Å². The molecule has 2 saturated heterocycles. The number of benzene rings is 3. The smallest absolute Gasteiger partial charge is 0.338 e. The number of unbranched alkanes of at least 4 members (excludes halogenated alkanes) is 2. The highest BCUT2D eigenvalue weighted by atomic mass is 16.5. The van der Waals surface area contributed by atoms with Crippen LogP contribution in [0.15, 0.2) is 72.8 Å². The number of fused-ring (bicyclic) bond motifs is 4. The molecule has 4 atom stereocenters. The number of aryl methyl sites for hydroxylation is 1. The number of amides is 4. The van der Waals surface area contributed by atoms with E-state index in [4.69, 9.17) is 9.47 Å². The Bertz CT molecular complexity index is 1660. The highest BCUT2D eigenvalue weighted by Crippen LogP contribution is 2.56. The van der Waals surface area contributed by atoms with E-state index in [2.05, 4.69) is 0 Å². The van der Waals surface area contributed by atoms with Gasteiger partial charge in [-0.15, -0.1) is 0 Å². The molecular weight excluding hydrogens is 576 g/mol. The topological polar surface area (TPSA) is 127 Å². The Balaban J connectivity index is 0.962. The lowest BCUT2D eigenvalue weighted by Crippen LogP contribution is -2.50. The van der Waals surface area contributed by atoms with Crippen LogP contribution in [0.3, 0.4) is 0 Å². The predicted octanol–water partition coefficient (Wildman–Crippen LogP) is 3.98. The lowest BCUT2D eigenvalue weighted by atomic mass is 9.59. The molecule has 1 aliphatic carbocycles. The number of imide groups is 2. The summed E-state index contributed by atoms with van der Waals surface area (Å²) < 4.78 is 11.2. The molecule has 0 spiro atoms. The average molecular weight is 609 g/mol. The van der Waals surface area contributed by atoms with Crippen molar-refractivity contribution in [1.82, 2.24) is 4.90 Å². The van der Waals surface area contributed by atoms with Gasteiger partial charge in [-0.3, -0.25) is 28.9 Å². The van der Waals surface area contributed by atoms with Gasteiger partial charge in [-0.2, -0.15) is 0 Å². The van der Waals surface area contributed by atoms with Gasteiger partial charge in [0.2, 0.25) is 23.6 Å². The second-order valence-corrected chi connectivity index (χ2v) is 11.7.